The summed E-state index contributed by atoms with van der Waals surface area (Å²) in [5, 5.41) is 16.4. The van der Waals surface area contributed by atoms with Crippen LogP contribution in [0.4, 0.5) is 4.39 Å². The molecule has 3 rings (SSSR count). The molecule has 0 aliphatic heterocycles. The summed E-state index contributed by atoms with van der Waals surface area (Å²) in [5.41, 5.74) is 14.2. The van der Waals surface area contributed by atoms with Crippen molar-refractivity contribution in [2.45, 2.75) is 18.5 Å². The van der Waals surface area contributed by atoms with Gasteiger partial charge in [-0.2, -0.15) is 0 Å². The van der Waals surface area contributed by atoms with Crippen LogP contribution in [-0.2, 0) is 11.2 Å². The van der Waals surface area contributed by atoms with Crippen LogP contribution in [0.3, 0.4) is 0 Å². The number of fused-ring (bicyclic) bond motifs is 1. The first-order valence-corrected chi connectivity index (χ1v) is 6.65. The summed E-state index contributed by atoms with van der Waals surface area (Å²) < 4.78 is 17.8. The van der Waals surface area contributed by atoms with Crippen LogP contribution >= 0.6 is 0 Å². The van der Waals surface area contributed by atoms with E-state index in [0.717, 1.165) is 5.56 Å². The number of nitrogens with zero attached hydrogens (tertiary/aromatic N) is 3. The van der Waals surface area contributed by atoms with Gasteiger partial charge in [0.2, 0.25) is 5.91 Å². The Balaban J connectivity index is 1.93. The van der Waals surface area contributed by atoms with Crippen LogP contribution in [0.5, 0.6) is 0 Å². The minimum absolute atomic E-state index is 0.0383. The summed E-state index contributed by atoms with van der Waals surface area (Å²) >= 11 is 0. The van der Waals surface area contributed by atoms with Crippen molar-refractivity contribution in [1.29, 1.82) is 0 Å². The third-order valence-corrected chi connectivity index (χ3v) is 3.61. The second-order valence-electron chi connectivity index (χ2n) is 5.03. The fourth-order valence-corrected chi connectivity index (χ4v) is 2.36. The SMILES string of the molecule is NC(=O)C(N)c1nonc1C(=NC1Cc2ccc(F)cc21)NO. The van der Waals surface area contributed by atoms with Gasteiger partial charge in [-0.25, -0.2) is 9.02 Å². The van der Waals surface area contributed by atoms with Gasteiger partial charge in [-0.05, 0) is 34.8 Å². The van der Waals surface area contributed by atoms with Crippen LogP contribution in [0.2, 0.25) is 0 Å². The molecule has 9 nitrogen and oxygen atoms in total. The first kappa shape index (κ1) is 15.1. The van der Waals surface area contributed by atoms with Crippen molar-refractivity contribution in [2.75, 3.05) is 0 Å². The average molecular weight is 320 g/mol. The summed E-state index contributed by atoms with van der Waals surface area (Å²) in [4.78, 5) is 15.4. The van der Waals surface area contributed by atoms with E-state index in [4.69, 9.17) is 11.5 Å². The second kappa shape index (κ2) is 5.74. The monoisotopic (exact) mass is 320 g/mol. The highest BCUT2D eigenvalue weighted by Gasteiger charge is 2.30. The number of nitrogens with one attached hydrogen (secondary N) is 1. The zero-order chi connectivity index (χ0) is 16.6. The molecule has 1 aliphatic rings. The summed E-state index contributed by atoms with van der Waals surface area (Å²) in [6.07, 6.45) is 0.573. The van der Waals surface area contributed by atoms with Gasteiger partial charge in [0.15, 0.2) is 11.5 Å². The van der Waals surface area contributed by atoms with Crippen molar-refractivity contribution in [2.24, 2.45) is 16.5 Å². The number of aliphatic imine (C=N–C) groups is 1. The Morgan fingerprint density at radius 3 is 3.00 bits per heavy atom. The third-order valence-electron chi connectivity index (χ3n) is 3.61. The summed E-state index contributed by atoms with van der Waals surface area (Å²) in [7, 11) is 0. The number of aromatic nitrogens is 2. The molecule has 2 unspecified atom stereocenters. The highest BCUT2D eigenvalue weighted by Crippen LogP contribution is 2.36. The predicted octanol–water partition coefficient (Wildman–Crippen LogP) is -0.283. The van der Waals surface area contributed by atoms with E-state index in [9.17, 15) is 14.4 Å². The number of benzene rings is 1. The number of hydroxylamine groups is 1. The van der Waals surface area contributed by atoms with Crippen molar-refractivity contribution >= 4 is 11.7 Å². The molecule has 1 aromatic carbocycles. The maximum absolute atomic E-state index is 13.3. The van der Waals surface area contributed by atoms with Crippen molar-refractivity contribution < 1.29 is 19.0 Å². The van der Waals surface area contributed by atoms with Gasteiger partial charge >= 0.3 is 0 Å². The van der Waals surface area contributed by atoms with Crippen LogP contribution in [0.1, 0.15) is 34.6 Å². The Morgan fingerprint density at radius 1 is 1.52 bits per heavy atom. The predicted molar refractivity (Wildman–Crippen MR) is 74.7 cm³/mol. The molecule has 0 spiro atoms. The number of rotatable bonds is 4. The smallest absolute Gasteiger partial charge is 0.240 e. The lowest BCUT2D eigenvalue weighted by Crippen LogP contribution is -2.32. The van der Waals surface area contributed by atoms with Crippen molar-refractivity contribution in [3.63, 3.8) is 0 Å². The van der Waals surface area contributed by atoms with Crippen LogP contribution in [0.25, 0.3) is 0 Å². The van der Waals surface area contributed by atoms with Crippen LogP contribution < -0.4 is 16.9 Å². The highest BCUT2D eigenvalue weighted by molar-refractivity contribution is 5.98. The van der Waals surface area contributed by atoms with Crippen molar-refractivity contribution in [1.82, 2.24) is 15.8 Å². The first-order chi connectivity index (χ1) is 11.0. The molecule has 120 valence electrons. The molecular formula is C13H13FN6O3. The molecule has 0 fully saturated rings. The second-order valence-corrected chi connectivity index (χ2v) is 5.03. The van der Waals surface area contributed by atoms with E-state index < -0.39 is 11.9 Å². The quantitative estimate of drug-likeness (QED) is 0.343. The fourth-order valence-electron chi connectivity index (χ4n) is 2.36. The van der Waals surface area contributed by atoms with Gasteiger partial charge in [-0.3, -0.25) is 20.5 Å². The van der Waals surface area contributed by atoms with Crippen LogP contribution in [0.15, 0.2) is 27.8 Å². The van der Waals surface area contributed by atoms with E-state index in [-0.39, 0.29) is 29.1 Å². The number of amides is 1. The van der Waals surface area contributed by atoms with E-state index in [1.54, 1.807) is 6.07 Å². The zero-order valence-corrected chi connectivity index (χ0v) is 11.7. The Morgan fingerprint density at radius 2 is 2.30 bits per heavy atom. The summed E-state index contributed by atoms with van der Waals surface area (Å²) in [6, 6.07) is 2.79. The molecular weight excluding hydrogens is 307 g/mol. The highest BCUT2D eigenvalue weighted by atomic mass is 19.1. The minimum Gasteiger partial charge on any atom is -0.368 e. The minimum atomic E-state index is -1.26. The molecule has 0 saturated heterocycles. The largest absolute Gasteiger partial charge is 0.368 e. The average Bonchev–Trinajstić information content (AvgIpc) is 2.99. The first-order valence-electron chi connectivity index (χ1n) is 6.65. The number of primary amides is 1. The Kier molecular flexibility index (Phi) is 3.76. The lowest BCUT2D eigenvalue weighted by Gasteiger charge is -2.27. The number of hydrogen-bond donors (Lipinski definition) is 4. The molecule has 2 aromatic rings. The number of nitrogens with two attached hydrogens (primary N) is 2. The van der Waals surface area contributed by atoms with Gasteiger partial charge in [-0.15, -0.1) is 0 Å². The van der Waals surface area contributed by atoms with E-state index in [2.05, 4.69) is 19.9 Å². The molecule has 1 amide bonds. The van der Waals surface area contributed by atoms with Gasteiger partial charge in [0.25, 0.3) is 0 Å². The van der Waals surface area contributed by atoms with Gasteiger partial charge in [-0.1, -0.05) is 11.2 Å². The third kappa shape index (κ3) is 2.64. The number of hydrogen-bond acceptors (Lipinski definition) is 7. The van der Waals surface area contributed by atoms with Crippen LogP contribution in [0, 0.1) is 5.82 Å². The molecule has 0 radical (unpaired) electrons. The molecule has 1 aromatic heterocycles. The Bertz CT molecular complexity index is 790. The number of halogens is 1. The molecule has 10 heteroatoms. The normalized spacial score (nSPS) is 18.0. The zero-order valence-electron chi connectivity index (χ0n) is 11.7. The van der Waals surface area contributed by atoms with Crippen molar-refractivity contribution in [3.05, 3.63) is 46.5 Å². The van der Waals surface area contributed by atoms with E-state index in [1.165, 1.54) is 12.1 Å². The Labute approximate surface area is 129 Å². The number of carbonyl (C=O) groups is 1. The van der Waals surface area contributed by atoms with Gasteiger partial charge in [0.05, 0.1) is 6.04 Å². The number of amidine groups is 1. The standard InChI is InChI=1S/C13H13FN6O3/c14-6-2-1-5-3-8(7(5)4-6)17-13(18-22)11-10(19-23-20-11)9(15)12(16)21/h1-2,4,8-9,22H,3,15H2,(H2,16,21)(H,17,18). The number of carbonyl (C=O) groups excluding carboxylic acids is 1. The van der Waals surface area contributed by atoms with E-state index >= 15 is 0 Å². The molecule has 1 heterocycles. The molecule has 0 bridgehead atoms. The topological polar surface area (TPSA) is 153 Å². The fraction of sp³-hybridized carbons (Fsp3) is 0.231. The summed E-state index contributed by atoms with van der Waals surface area (Å²) in [6.45, 7) is 0. The maximum Gasteiger partial charge on any atom is 0.240 e. The molecule has 6 N–H and O–H groups in total. The van der Waals surface area contributed by atoms with Crippen molar-refractivity contribution in [3.8, 4) is 0 Å². The van der Waals surface area contributed by atoms with E-state index in [1.807, 2.05) is 5.48 Å². The van der Waals surface area contributed by atoms with Crippen LogP contribution in [-0.4, -0.2) is 27.3 Å². The lowest BCUT2D eigenvalue weighted by molar-refractivity contribution is -0.119. The molecule has 1 aliphatic carbocycles. The summed E-state index contributed by atoms with van der Waals surface area (Å²) in [5.74, 6) is -1.31. The Hall–Kier alpha value is -2.85. The van der Waals surface area contributed by atoms with E-state index in [0.29, 0.717) is 12.0 Å². The lowest BCUT2D eigenvalue weighted by atomic mass is 9.83. The molecule has 2 atom stereocenters. The van der Waals surface area contributed by atoms with Gasteiger partial charge in [0.1, 0.15) is 17.6 Å². The molecule has 0 saturated carbocycles. The van der Waals surface area contributed by atoms with Gasteiger partial charge in [0, 0.05) is 0 Å². The van der Waals surface area contributed by atoms with Gasteiger partial charge < -0.3 is 11.5 Å². The maximum atomic E-state index is 13.3. The molecule has 23 heavy (non-hydrogen) atoms.